The van der Waals surface area contributed by atoms with Crippen LogP contribution in [0.5, 0.6) is 0 Å². The summed E-state index contributed by atoms with van der Waals surface area (Å²) in [6.45, 7) is 0. The summed E-state index contributed by atoms with van der Waals surface area (Å²) in [4.78, 5) is 10.8. The summed E-state index contributed by atoms with van der Waals surface area (Å²) in [6.07, 6.45) is -4.56. The molecule has 0 aliphatic heterocycles. The molecule has 17 heavy (non-hydrogen) atoms. The molecule has 88 valence electrons. The number of alkyl halides is 3. The normalized spacial score (nSPS) is 11.7. The summed E-state index contributed by atoms with van der Waals surface area (Å²) < 4.78 is 38.3. The Hall–Kier alpha value is -2.04. The van der Waals surface area contributed by atoms with Crippen LogP contribution in [0.1, 0.15) is 15.9 Å². The first-order valence-electron chi connectivity index (χ1n) is 4.73. The van der Waals surface area contributed by atoms with Crippen molar-refractivity contribution in [2.45, 2.75) is 6.18 Å². The third-order valence-electron chi connectivity index (χ3n) is 2.41. The molecule has 0 aromatic heterocycles. The fraction of sp³-hybridized carbons (Fsp3) is 0.0833. The van der Waals surface area contributed by atoms with E-state index in [-0.39, 0.29) is 16.3 Å². The zero-order valence-electron chi connectivity index (χ0n) is 8.45. The summed E-state index contributed by atoms with van der Waals surface area (Å²) in [6, 6.07) is 7.71. The summed E-state index contributed by atoms with van der Waals surface area (Å²) in [5.41, 5.74) is -1.29. The van der Waals surface area contributed by atoms with Gasteiger partial charge in [-0.15, -0.1) is 0 Å². The zero-order valence-corrected chi connectivity index (χ0v) is 8.45. The van der Waals surface area contributed by atoms with Crippen molar-refractivity contribution in [3.8, 4) is 0 Å². The van der Waals surface area contributed by atoms with Gasteiger partial charge in [-0.3, -0.25) is 0 Å². The second-order valence-electron chi connectivity index (χ2n) is 3.55. The number of aromatic carboxylic acids is 1. The molecule has 0 amide bonds. The molecule has 0 saturated heterocycles. The Labute approximate surface area is 94.3 Å². The lowest BCUT2D eigenvalue weighted by Gasteiger charge is -2.11. The SMILES string of the molecule is O=C(O)c1cc(C(F)(F)F)c2ccccc2c1. The Morgan fingerprint density at radius 1 is 1.12 bits per heavy atom. The molecule has 0 fully saturated rings. The van der Waals surface area contributed by atoms with Crippen molar-refractivity contribution in [3.63, 3.8) is 0 Å². The van der Waals surface area contributed by atoms with Gasteiger partial charge in [0.1, 0.15) is 0 Å². The van der Waals surface area contributed by atoms with Crippen LogP contribution in [-0.2, 0) is 6.18 Å². The minimum absolute atomic E-state index is 0.00463. The predicted molar refractivity (Wildman–Crippen MR) is 55.9 cm³/mol. The van der Waals surface area contributed by atoms with E-state index in [1.54, 1.807) is 6.07 Å². The zero-order chi connectivity index (χ0) is 12.6. The quantitative estimate of drug-likeness (QED) is 0.827. The van der Waals surface area contributed by atoms with Crippen molar-refractivity contribution < 1.29 is 23.1 Å². The third-order valence-corrected chi connectivity index (χ3v) is 2.41. The van der Waals surface area contributed by atoms with E-state index >= 15 is 0 Å². The van der Waals surface area contributed by atoms with Gasteiger partial charge in [0.2, 0.25) is 0 Å². The fourth-order valence-corrected chi connectivity index (χ4v) is 1.67. The van der Waals surface area contributed by atoms with Crippen LogP contribution in [0.2, 0.25) is 0 Å². The van der Waals surface area contributed by atoms with Gasteiger partial charge < -0.3 is 5.11 Å². The molecule has 1 N–H and O–H groups in total. The van der Waals surface area contributed by atoms with Gasteiger partial charge in [0.05, 0.1) is 11.1 Å². The number of hydrogen-bond donors (Lipinski definition) is 1. The molecule has 2 rings (SSSR count). The van der Waals surface area contributed by atoms with Crippen LogP contribution in [0.15, 0.2) is 36.4 Å². The van der Waals surface area contributed by atoms with Gasteiger partial charge in [0.25, 0.3) is 0 Å². The molecule has 0 aliphatic carbocycles. The smallest absolute Gasteiger partial charge is 0.417 e. The number of carboxylic acid groups (broad SMARTS) is 1. The average Bonchev–Trinajstić information content (AvgIpc) is 2.26. The molecule has 2 aromatic rings. The van der Waals surface area contributed by atoms with Crippen LogP contribution < -0.4 is 0 Å². The van der Waals surface area contributed by atoms with Gasteiger partial charge >= 0.3 is 12.1 Å². The van der Waals surface area contributed by atoms with E-state index in [0.717, 1.165) is 0 Å². The highest BCUT2D eigenvalue weighted by atomic mass is 19.4. The van der Waals surface area contributed by atoms with Crippen molar-refractivity contribution in [3.05, 3.63) is 47.5 Å². The molecule has 0 saturated carbocycles. The van der Waals surface area contributed by atoms with Crippen LogP contribution in [0, 0.1) is 0 Å². The summed E-state index contributed by atoms with van der Waals surface area (Å²) >= 11 is 0. The first-order valence-corrected chi connectivity index (χ1v) is 4.73. The van der Waals surface area contributed by atoms with Gasteiger partial charge in [-0.05, 0) is 22.9 Å². The van der Waals surface area contributed by atoms with E-state index in [4.69, 9.17) is 5.11 Å². The summed E-state index contributed by atoms with van der Waals surface area (Å²) in [5, 5.41) is 9.04. The monoisotopic (exact) mass is 240 g/mol. The van der Waals surface area contributed by atoms with E-state index < -0.39 is 17.7 Å². The van der Waals surface area contributed by atoms with Crippen LogP contribution in [0.3, 0.4) is 0 Å². The van der Waals surface area contributed by atoms with Gasteiger partial charge in [-0.25, -0.2) is 4.79 Å². The Balaban J connectivity index is 2.83. The van der Waals surface area contributed by atoms with Gasteiger partial charge in [-0.2, -0.15) is 13.2 Å². The van der Waals surface area contributed by atoms with Crippen LogP contribution in [0.4, 0.5) is 13.2 Å². The number of carbonyl (C=O) groups is 1. The maximum Gasteiger partial charge on any atom is 0.417 e. The molecule has 0 spiro atoms. The van der Waals surface area contributed by atoms with Gasteiger partial charge in [-0.1, -0.05) is 24.3 Å². The number of hydrogen-bond acceptors (Lipinski definition) is 1. The number of benzene rings is 2. The standard InChI is InChI=1S/C12H7F3O2/c13-12(14,15)10-6-8(11(16)17)5-7-3-1-2-4-9(7)10/h1-6H,(H,16,17). The van der Waals surface area contributed by atoms with Crippen LogP contribution in [-0.4, -0.2) is 11.1 Å². The number of fused-ring (bicyclic) bond motifs is 1. The molecule has 0 heterocycles. The molecule has 0 bridgehead atoms. The molecule has 0 unspecified atom stereocenters. The van der Waals surface area contributed by atoms with E-state index in [0.29, 0.717) is 6.07 Å². The Bertz CT molecular complexity index is 588. The number of halogens is 3. The van der Waals surface area contributed by atoms with Crippen molar-refractivity contribution in [2.75, 3.05) is 0 Å². The van der Waals surface area contributed by atoms with Crippen molar-refractivity contribution in [1.29, 1.82) is 0 Å². The molecule has 0 radical (unpaired) electrons. The summed E-state index contributed by atoms with van der Waals surface area (Å²) in [7, 11) is 0. The second kappa shape index (κ2) is 3.76. The summed E-state index contributed by atoms with van der Waals surface area (Å²) in [5.74, 6) is -1.37. The van der Waals surface area contributed by atoms with Crippen LogP contribution in [0.25, 0.3) is 10.8 Å². The predicted octanol–water partition coefficient (Wildman–Crippen LogP) is 3.56. The number of carboxylic acids is 1. The van der Waals surface area contributed by atoms with E-state index in [9.17, 15) is 18.0 Å². The van der Waals surface area contributed by atoms with Gasteiger partial charge in [0.15, 0.2) is 0 Å². The Morgan fingerprint density at radius 2 is 1.76 bits per heavy atom. The van der Waals surface area contributed by atoms with Crippen molar-refractivity contribution in [1.82, 2.24) is 0 Å². The highest BCUT2D eigenvalue weighted by molar-refractivity contribution is 5.96. The van der Waals surface area contributed by atoms with Crippen LogP contribution >= 0.6 is 0 Å². The molecule has 2 aromatic carbocycles. The lowest BCUT2D eigenvalue weighted by Crippen LogP contribution is -2.08. The van der Waals surface area contributed by atoms with E-state index in [1.807, 2.05) is 0 Å². The maximum atomic E-state index is 12.8. The first kappa shape index (κ1) is 11.4. The Kier molecular flexibility index (Phi) is 2.53. The topological polar surface area (TPSA) is 37.3 Å². The minimum atomic E-state index is -4.56. The fourth-order valence-electron chi connectivity index (χ4n) is 1.67. The maximum absolute atomic E-state index is 12.8. The highest BCUT2D eigenvalue weighted by Gasteiger charge is 2.33. The molecule has 0 aliphatic rings. The minimum Gasteiger partial charge on any atom is -0.478 e. The van der Waals surface area contributed by atoms with Crippen molar-refractivity contribution >= 4 is 16.7 Å². The highest BCUT2D eigenvalue weighted by Crippen LogP contribution is 2.35. The molecule has 5 heteroatoms. The second-order valence-corrected chi connectivity index (χ2v) is 3.55. The largest absolute Gasteiger partial charge is 0.478 e. The molecular weight excluding hydrogens is 233 g/mol. The molecular formula is C12H7F3O2. The number of rotatable bonds is 1. The molecule has 2 nitrogen and oxygen atoms in total. The first-order chi connectivity index (χ1) is 7.89. The van der Waals surface area contributed by atoms with Gasteiger partial charge in [0, 0.05) is 0 Å². The van der Waals surface area contributed by atoms with Crippen molar-refractivity contribution in [2.24, 2.45) is 0 Å². The molecule has 0 atom stereocenters. The van der Waals surface area contributed by atoms with E-state index in [2.05, 4.69) is 0 Å². The third kappa shape index (κ3) is 2.08. The average molecular weight is 240 g/mol. The lowest BCUT2D eigenvalue weighted by molar-refractivity contribution is -0.136. The Morgan fingerprint density at radius 3 is 2.35 bits per heavy atom. The lowest BCUT2D eigenvalue weighted by atomic mass is 10.0. The van der Waals surface area contributed by atoms with E-state index in [1.165, 1.54) is 24.3 Å².